The predicted molar refractivity (Wildman–Crippen MR) is 79.7 cm³/mol. The first-order valence-electron chi connectivity index (χ1n) is 6.70. The number of fused-ring (bicyclic) bond motifs is 2. The molecule has 0 aromatic heterocycles. The zero-order valence-electron chi connectivity index (χ0n) is 11.9. The van der Waals surface area contributed by atoms with Crippen LogP contribution in [0.2, 0.25) is 0 Å². The molecule has 2 heterocycles. The summed E-state index contributed by atoms with van der Waals surface area (Å²) in [5, 5.41) is 10.00. The van der Waals surface area contributed by atoms with E-state index in [2.05, 4.69) is 44.3 Å². The molecule has 3 nitrogen and oxygen atoms in total. The maximum atomic E-state index is 6.44. The van der Waals surface area contributed by atoms with Crippen LogP contribution in [0.1, 0.15) is 30.5 Å². The van der Waals surface area contributed by atoms with Crippen molar-refractivity contribution in [3.8, 4) is 0 Å². The van der Waals surface area contributed by atoms with Crippen LogP contribution in [0.25, 0.3) is 0 Å². The van der Waals surface area contributed by atoms with Gasteiger partial charge >= 0.3 is 0 Å². The summed E-state index contributed by atoms with van der Waals surface area (Å²) in [7, 11) is 0. The minimum atomic E-state index is 0.0407. The molecule has 2 aliphatic rings. The molecule has 0 spiro atoms. The van der Waals surface area contributed by atoms with Crippen molar-refractivity contribution in [1.29, 1.82) is 0 Å². The van der Waals surface area contributed by atoms with E-state index in [4.69, 9.17) is 10.4 Å². The smallest absolute Gasteiger partial charge is 0.193 e. The number of dihydropyridines is 1. The van der Waals surface area contributed by atoms with Crippen molar-refractivity contribution in [3.63, 3.8) is 0 Å². The number of benzene rings is 1. The van der Waals surface area contributed by atoms with Gasteiger partial charge in [-0.2, -0.15) is 0 Å². The molecule has 3 heteroatoms. The highest BCUT2D eigenvalue weighted by Gasteiger charge is 2.39. The van der Waals surface area contributed by atoms with Crippen LogP contribution in [-0.2, 0) is 0 Å². The lowest BCUT2D eigenvalue weighted by Crippen LogP contribution is -2.54. The molecule has 0 amide bonds. The number of nitrogens with zero attached hydrogens (tertiary/aromatic N) is 1. The number of hydrogen-bond acceptors (Lipinski definition) is 2. The third-order valence-electron chi connectivity index (χ3n) is 4.00. The van der Waals surface area contributed by atoms with Crippen LogP contribution in [-0.4, -0.2) is 17.6 Å². The number of aryl methyl sites for hydroxylation is 2. The summed E-state index contributed by atoms with van der Waals surface area (Å²) < 4.78 is 0. The Kier molecular flexibility index (Phi) is 2.59. The van der Waals surface area contributed by atoms with E-state index < -0.39 is 0 Å². The second-order valence-electron chi connectivity index (χ2n) is 5.69. The van der Waals surface area contributed by atoms with Crippen LogP contribution in [0, 0.1) is 19.8 Å². The lowest BCUT2D eigenvalue weighted by Gasteiger charge is -2.34. The Morgan fingerprint density at radius 2 is 1.89 bits per heavy atom. The van der Waals surface area contributed by atoms with Crippen LogP contribution >= 0.6 is 0 Å². The monoisotopic (exact) mass is 254 g/mol. The molecule has 2 atom stereocenters. The fraction of sp³-hybridized carbons (Fsp3) is 0.375. The Bertz CT molecular complexity index is 638. The van der Waals surface area contributed by atoms with Gasteiger partial charge in [0.05, 0.1) is 11.3 Å². The minimum Gasteiger partial charge on any atom is -0.362 e. The highest BCUT2D eigenvalue weighted by molar-refractivity contribution is 6.09. The molecule has 98 valence electrons. The topological polar surface area (TPSA) is 50.0 Å². The summed E-state index contributed by atoms with van der Waals surface area (Å²) in [6.07, 6.45) is 2.17. The van der Waals surface area contributed by atoms with E-state index in [1.54, 1.807) is 0 Å². The number of nitrogens with two attached hydrogens (primary N) is 1. The second kappa shape index (κ2) is 4.05. The van der Waals surface area contributed by atoms with E-state index in [1.165, 1.54) is 16.7 Å². The van der Waals surface area contributed by atoms with E-state index in [9.17, 15) is 0 Å². The number of allylic oxidation sites excluding steroid dienone is 1. The van der Waals surface area contributed by atoms with Gasteiger partial charge in [-0.1, -0.05) is 11.6 Å². The predicted octanol–water partition coefficient (Wildman–Crippen LogP) is 1.64. The molecular weight excluding hydrogens is 234 g/mol. The Hall–Kier alpha value is -1.90. The van der Waals surface area contributed by atoms with Crippen LogP contribution in [0.15, 0.2) is 28.8 Å². The molecule has 0 saturated heterocycles. The number of anilines is 1. The largest absolute Gasteiger partial charge is 0.362 e. The summed E-state index contributed by atoms with van der Waals surface area (Å²) >= 11 is 0. The van der Waals surface area contributed by atoms with Crippen molar-refractivity contribution < 1.29 is 5.41 Å². The summed E-state index contributed by atoms with van der Waals surface area (Å²) in [4.78, 5) is 4.70. The van der Waals surface area contributed by atoms with Crippen molar-refractivity contribution in [1.82, 2.24) is 0 Å². The van der Waals surface area contributed by atoms with Gasteiger partial charge in [-0.3, -0.25) is 10.4 Å². The molecule has 0 unspecified atom stereocenters. The molecule has 1 aromatic rings. The maximum Gasteiger partial charge on any atom is 0.193 e. The van der Waals surface area contributed by atoms with Crippen molar-refractivity contribution in [2.75, 3.05) is 5.32 Å². The quantitative estimate of drug-likeness (QED) is 0.726. The lowest BCUT2D eigenvalue weighted by molar-refractivity contribution is -0.118. The van der Waals surface area contributed by atoms with E-state index in [0.717, 1.165) is 22.7 Å². The average molecular weight is 254 g/mol. The first kappa shape index (κ1) is 12.2. The minimum absolute atomic E-state index is 0.0407. The summed E-state index contributed by atoms with van der Waals surface area (Å²) in [5.74, 6) is 0.178. The SMILES string of the molecule is CC1=CC(C)=N[C@H]2Nc3c(C)cc(C)cc3C(=[NH2+])[C@H]12. The summed E-state index contributed by atoms with van der Waals surface area (Å²) in [5.41, 5.74) is 8.04. The molecule has 3 N–H and O–H groups in total. The normalized spacial score (nSPS) is 24.9. The lowest BCUT2D eigenvalue weighted by atomic mass is 9.81. The maximum absolute atomic E-state index is 6.44. The fourth-order valence-electron chi connectivity index (χ4n) is 3.23. The first-order valence-corrected chi connectivity index (χ1v) is 6.70. The van der Waals surface area contributed by atoms with E-state index in [-0.39, 0.29) is 12.1 Å². The Labute approximate surface area is 114 Å². The second-order valence-corrected chi connectivity index (χ2v) is 5.69. The van der Waals surface area contributed by atoms with Crippen LogP contribution in [0.5, 0.6) is 0 Å². The Balaban J connectivity index is 2.16. The Morgan fingerprint density at radius 3 is 2.63 bits per heavy atom. The molecule has 3 rings (SSSR count). The first-order chi connectivity index (χ1) is 8.97. The van der Waals surface area contributed by atoms with Gasteiger partial charge in [0, 0.05) is 5.71 Å². The van der Waals surface area contributed by atoms with Gasteiger partial charge in [-0.05, 0) is 51.0 Å². The molecule has 0 fully saturated rings. The van der Waals surface area contributed by atoms with Gasteiger partial charge in [0.25, 0.3) is 0 Å². The molecule has 1 aromatic carbocycles. The highest BCUT2D eigenvalue weighted by Crippen LogP contribution is 2.36. The van der Waals surface area contributed by atoms with Crippen LogP contribution < -0.4 is 10.7 Å². The Morgan fingerprint density at radius 1 is 1.16 bits per heavy atom. The average Bonchev–Trinajstić information content (AvgIpc) is 2.30. The van der Waals surface area contributed by atoms with Gasteiger partial charge < -0.3 is 5.32 Å². The van der Waals surface area contributed by atoms with Crippen molar-refractivity contribution in [3.05, 3.63) is 40.5 Å². The van der Waals surface area contributed by atoms with Gasteiger partial charge in [-0.25, -0.2) is 0 Å². The molecule has 0 saturated carbocycles. The molecule has 19 heavy (non-hydrogen) atoms. The standard InChI is InChI=1S/C16H19N3/c1-8-5-10(3)15-12(6-8)14(17)13-9(2)7-11(4)18-16(13)19-15/h5-7,13,16-17,19H,1-4H3/p+1/t13-,16-/m0/s1. The van der Waals surface area contributed by atoms with Crippen molar-refractivity contribution >= 4 is 17.1 Å². The van der Waals surface area contributed by atoms with Crippen molar-refractivity contribution in [2.24, 2.45) is 10.9 Å². The fourth-order valence-corrected chi connectivity index (χ4v) is 3.23. The molecular formula is C16H20N3+. The number of aliphatic imine (C=N–C) groups is 1. The van der Waals surface area contributed by atoms with Gasteiger partial charge in [0.2, 0.25) is 0 Å². The number of hydrogen-bond donors (Lipinski definition) is 2. The number of nitrogens with one attached hydrogen (secondary N) is 1. The summed E-state index contributed by atoms with van der Waals surface area (Å²) in [6.45, 7) is 8.40. The van der Waals surface area contributed by atoms with Crippen LogP contribution in [0.3, 0.4) is 0 Å². The molecule has 0 radical (unpaired) electrons. The molecule has 0 aliphatic carbocycles. The van der Waals surface area contributed by atoms with Gasteiger partial charge in [0.15, 0.2) is 5.71 Å². The van der Waals surface area contributed by atoms with Gasteiger partial charge in [-0.15, -0.1) is 0 Å². The third-order valence-corrected chi connectivity index (χ3v) is 4.00. The zero-order valence-corrected chi connectivity index (χ0v) is 11.9. The van der Waals surface area contributed by atoms with E-state index in [0.29, 0.717) is 0 Å². The third kappa shape index (κ3) is 1.81. The zero-order chi connectivity index (χ0) is 13.7. The van der Waals surface area contributed by atoms with E-state index >= 15 is 0 Å². The molecule has 0 bridgehead atoms. The van der Waals surface area contributed by atoms with Gasteiger partial charge in [0.1, 0.15) is 12.1 Å². The highest BCUT2D eigenvalue weighted by atomic mass is 15.1. The van der Waals surface area contributed by atoms with Crippen LogP contribution in [0.4, 0.5) is 5.69 Å². The number of rotatable bonds is 0. The van der Waals surface area contributed by atoms with E-state index in [1.807, 2.05) is 6.92 Å². The summed E-state index contributed by atoms with van der Waals surface area (Å²) in [6, 6.07) is 4.35. The molecule has 2 aliphatic heterocycles. The van der Waals surface area contributed by atoms with Crippen molar-refractivity contribution in [2.45, 2.75) is 33.9 Å².